The molecule has 0 saturated heterocycles. The van der Waals surface area contributed by atoms with Crippen LogP contribution in [0.2, 0.25) is 0 Å². The quantitative estimate of drug-likeness (QED) is 0.349. The van der Waals surface area contributed by atoms with E-state index < -0.39 is 5.97 Å². The van der Waals surface area contributed by atoms with Crippen LogP contribution in [-0.4, -0.2) is 37.9 Å². The molecule has 5 nitrogen and oxygen atoms in total. The van der Waals surface area contributed by atoms with Crippen molar-refractivity contribution in [2.45, 2.75) is 32.8 Å². The SMILES string of the molecule is C=CC(=O)OCCCC(=O)OCCOC(C)C. The van der Waals surface area contributed by atoms with Crippen molar-refractivity contribution in [3.63, 3.8) is 0 Å². The van der Waals surface area contributed by atoms with Crippen LogP contribution in [0.5, 0.6) is 0 Å². The average molecular weight is 244 g/mol. The number of rotatable bonds is 9. The summed E-state index contributed by atoms with van der Waals surface area (Å²) in [7, 11) is 0. The molecule has 0 saturated carbocycles. The molecule has 98 valence electrons. The van der Waals surface area contributed by atoms with Gasteiger partial charge in [-0.1, -0.05) is 6.58 Å². The summed E-state index contributed by atoms with van der Waals surface area (Å²) in [4.78, 5) is 21.8. The highest BCUT2D eigenvalue weighted by Gasteiger charge is 2.04. The van der Waals surface area contributed by atoms with Gasteiger partial charge in [-0.3, -0.25) is 4.79 Å². The summed E-state index contributed by atoms with van der Waals surface area (Å²) >= 11 is 0. The standard InChI is InChI=1S/C12H20O5/c1-4-11(13)16-7-5-6-12(14)17-9-8-15-10(2)3/h4,10H,1,5-9H2,2-3H3. The summed E-state index contributed by atoms with van der Waals surface area (Å²) in [5, 5.41) is 0. The van der Waals surface area contributed by atoms with E-state index in [1.165, 1.54) is 0 Å². The van der Waals surface area contributed by atoms with Crippen molar-refractivity contribution in [1.82, 2.24) is 0 Å². The highest BCUT2D eigenvalue weighted by molar-refractivity contribution is 5.81. The normalized spacial score (nSPS) is 10.1. The van der Waals surface area contributed by atoms with Crippen LogP contribution >= 0.6 is 0 Å². The van der Waals surface area contributed by atoms with E-state index in [0.29, 0.717) is 13.0 Å². The Balaban J connectivity index is 3.35. The lowest BCUT2D eigenvalue weighted by Gasteiger charge is -2.08. The van der Waals surface area contributed by atoms with Gasteiger partial charge in [0.25, 0.3) is 0 Å². The first kappa shape index (κ1) is 15.6. The van der Waals surface area contributed by atoms with Gasteiger partial charge in [0, 0.05) is 12.5 Å². The lowest BCUT2D eigenvalue weighted by Crippen LogP contribution is -2.14. The van der Waals surface area contributed by atoms with Crippen LogP contribution in [0.4, 0.5) is 0 Å². The second-order valence-electron chi connectivity index (χ2n) is 3.62. The fourth-order valence-electron chi connectivity index (χ4n) is 0.960. The molecule has 0 radical (unpaired) electrons. The predicted octanol–water partition coefficient (Wildman–Crippen LogP) is 1.46. The van der Waals surface area contributed by atoms with E-state index in [9.17, 15) is 9.59 Å². The van der Waals surface area contributed by atoms with Gasteiger partial charge in [0.1, 0.15) is 6.61 Å². The molecule has 0 N–H and O–H groups in total. The molecule has 0 spiro atoms. The largest absolute Gasteiger partial charge is 0.463 e. The second kappa shape index (κ2) is 9.84. The number of ether oxygens (including phenoxy) is 3. The summed E-state index contributed by atoms with van der Waals surface area (Å²) in [6.07, 6.45) is 1.89. The van der Waals surface area contributed by atoms with Gasteiger partial charge in [0.05, 0.1) is 19.3 Å². The molecule has 0 aliphatic rings. The van der Waals surface area contributed by atoms with Crippen molar-refractivity contribution >= 4 is 11.9 Å². The number of esters is 2. The average Bonchev–Trinajstić information content (AvgIpc) is 2.29. The molecule has 0 aromatic rings. The van der Waals surface area contributed by atoms with Crippen LogP contribution in [0.15, 0.2) is 12.7 Å². The van der Waals surface area contributed by atoms with E-state index in [-0.39, 0.29) is 31.7 Å². The van der Waals surface area contributed by atoms with Crippen LogP contribution in [0.25, 0.3) is 0 Å². The molecule has 0 aromatic heterocycles. The number of carbonyl (C=O) groups is 2. The maximum absolute atomic E-state index is 11.2. The number of hydrogen-bond acceptors (Lipinski definition) is 5. The molecular formula is C12H20O5. The van der Waals surface area contributed by atoms with Gasteiger partial charge in [0.15, 0.2) is 0 Å². The van der Waals surface area contributed by atoms with Crippen LogP contribution < -0.4 is 0 Å². The minimum Gasteiger partial charge on any atom is -0.463 e. The van der Waals surface area contributed by atoms with Crippen molar-refractivity contribution in [1.29, 1.82) is 0 Å². The summed E-state index contributed by atoms with van der Waals surface area (Å²) in [6, 6.07) is 0. The summed E-state index contributed by atoms with van der Waals surface area (Å²) in [5.41, 5.74) is 0. The molecule has 0 aliphatic carbocycles. The lowest BCUT2D eigenvalue weighted by atomic mass is 10.3. The van der Waals surface area contributed by atoms with E-state index in [1.807, 2.05) is 13.8 Å². The minimum absolute atomic E-state index is 0.131. The zero-order valence-corrected chi connectivity index (χ0v) is 10.4. The molecule has 0 atom stereocenters. The zero-order chi connectivity index (χ0) is 13.1. The number of carbonyl (C=O) groups excluding carboxylic acids is 2. The Morgan fingerprint density at radius 2 is 1.88 bits per heavy atom. The third-order valence-corrected chi connectivity index (χ3v) is 1.73. The first-order chi connectivity index (χ1) is 8.06. The molecular weight excluding hydrogens is 224 g/mol. The molecule has 0 bridgehead atoms. The Hall–Kier alpha value is -1.36. The van der Waals surface area contributed by atoms with Crippen molar-refractivity contribution in [2.24, 2.45) is 0 Å². The highest BCUT2D eigenvalue weighted by Crippen LogP contribution is 1.95. The predicted molar refractivity (Wildman–Crippen MR) is 62.4 cm³/mol. The fraction of sp³-hybridized carbons (Fsp3) is 0.667. The van der Waals surface area contributed by atoms with Crippen molar-refractivity contribution in [3.8, 4) is 0 Å². The second-order valence-corrected chi connectivity index (χ2v) is 3.62. The van der Waals surface area contributed by atoms with Crippen molar-refractivity contribution in [2.75, 3.05) is 19.8 Å². The third-order valence-electron chi connectivity index (χ3n) is 1.73. The van der Waals surface area contributed by atoms with E-state index in [2.05, 4.69) is 6.58 Å². The van der Waals surface area contributed by atoms with Gasteiger partial charge in [-0.25, -0.2) is 4.79 Å². The van der Waals surface area contributed by atoms with Gasteiger partial charge >= 0.3 is 11.9 Å². The third kappa shape index (κ3) is 10.9. The van der Waals surface area contributed by atoms with Gasteiger partial charge in [-0.2, -0.15) is 0 Å². The monoisotopic (exact) mass is 244 g/mol. The molecule has 0 heterocycles. The minimum atomic E-state index is -0.483. The Kier molecular flexibility index (Phi) is 9.05. The molecule has 0 aromatic carbocycles. The van der Waals surface area contributed by atoms with Gasteiger partial charge in [0.2, 0.25) is 0 Å². The lowest BCUT2D eigenvalue weighted by molar-refractivity contribution is -0.147. The first-order valence-corrected chi connectivity index (χ1v) is 5.62. The summed E-state index contributed by atoms with van der Waals surface area (Å²) < 4.78 is 14.8. The van der Waals surface area contributed by atoms with Crippen molar-refractivity contribution in [3.05, 3.63) is 12.7 Å². The van der Waals surface area contributed by atoms with Crippen LogP contribution in [0.1, 0.15) is 26.7 Å². The Morgan fingerprint density at radius 1 is 1.18 bits per heavy atom. The molecule has 0 aliphatic heterocycles. The van der Waals surface area contributed by atoms with Gasteiger partial charge in [-0.05, 0) is 20.3 Å². The van der Waals surface area contributed by atoms with Crippen molar-refractivity contribution < 1.29 is 23.8 Å². The molecule has 0 rings (SSSR count). The topological polar surface area (TPSA) is 61.8 Å². The van der Waals surface area contributed by atoms with Crippen LogP contribution in [0, 0.1) is 0 Å². The van der Waals surface area contributed by atoms with E-state index in [1.54, 1.807) is 0 Å². The van der Waals surface area contributed by atoms with E-state index in [4.69, 9.17) is 14.2 Å². The van der Waals surface area contributed by atoms with Gasteiger partial charge < -0.3 is 14.2 Å². The first-order valence-electron chi connectivity index (χ1n) is 5.62. The Bertz CT molecular complexity index is 247. The van der Waals surface area contributed by atoms with Gasteiger partial charge in [-0.15, -0.1) is 0 Å². The molecule has 0 fully saturated rings. The smallest absolute Gasteiger partial charge is 0.330 e. The molecule has 0 unspecified atom stereocenters. The van der Waals surface area contributed by atoms with E-state index >= 15 is 0 Å². The number of hydrogen-bond donors (Lipinski definition) is 0. The molecule has 0 amide bonds. The fourth-order valence-corrected chi connectivity index (χ4v) is 0.960. The Morgan fingerprint density at radius 3 is 2.47 bits per heavy atom. The van der Waals surface area contributed by atoms with Crippen LogP contribution in [-0.2, 0) is 23.8 Å². The maximum Gasteiger partial charge on any atom is 0.330 e. The maximum atomic E-state index is 11.2. The molecule has 5 heteroatoms. The highest BCUT2D eigenvalue weighted by atomic mass is 16.6. The van der Waals surface area contributed by atoms with E-state index in [0.717, 1.165) is 6.08 Å². The summed E-state index contributed by atoms with van der Waals surface area (Å²) in [5.74, 6) is -0.796. The molecule has 17 heavy (non-hydrogen) atoms. The Labute approximate surface area is 102 Å². The zero-order valence-electron chi connectivity index (χ0n) is 10.4. The van der Waals surface area contributed by atoms with Crippen LogP contribution in [0.3, 0.4) is 0 Å². The summed E-state index contributed by atoms with van der Waals surface area (Å²) in [6.45, 7) is 7.93.